The number of nitrogens with one attached hydrogen (secondary N) is 1. The lowest BCUT2D eigenvalue weighted by atomic mass is 10.3. The van der Waals surface area contributed by atoms with Crippen LogP contribution in [0.5, 0.6) is 5.75 Å². The second-order valence-electron chi connectivity index (χ2n) is 4.38. The fourth-order valence-corrected chi connectivity index (χ4v) is 2.40. The number of furan rings is 1. The van der Waals surface area contributed by atoms with Crippen LogP contribution < -0.4 is 10.1 Å². The van der Waals surface area contributed by atoms with E-state index in [2.05, 4.69) is 21.2 Å². The molecule has 0 aliphatic heterocycles. The van der Waals surface area contributed by atoms with Crippen LogP contribution in [0, 0.1) is 0 Å². The zero-order valence-corrected chi connectivity index (χ0v) is 14.2. The average Bonchev–Trinajstić information content (AvgIpc) is 2.95. The summed E-state index contributed by atoms with van der Waals surface area (Å²) in [4.78, 5) is 11.8. The molecule has 2 rings (SSSR count). The summed E-state index contributed by atoms with van der Waals surface area (Å²) in [6, 6.07) is 8.63. The van der Waals surface area contributed by atoms with Crippen LogP contribution >= 0.6 is 27.5 Å². The Morgan fingerprint density at radius 1 is 1.36 bits per heavy atom. The van der Waals surface area contributed by atoms with Crippen LogP contribution in [0.25, 0.3) is 0 Å². The lowest BCUT2D eigenvalue weighted by molar-refractivity contribution is 0.0905. The van der Waals surface area contributed by atoms with E-state index in [9.17, 15) is 4.79 Å². The lowest BCUT2D eigenvalue weighted by Gasteiger charge is -2.06. The second-order valence-corrected chi connectivity index (χ2v) is 5.70. The number of hydrogen-bond acceptors (Lipinski definition) is 4. The van der Waals surface area contributed by atoms with Gasteiger partial charge >= 0.3 is 0 Å². The fraction of sp³-hybridized carbons (Fsp3) is 0.267. The number of carbonyl (C=O) groups excluding carboxylic acids is 1. The Morgan fingerprint density at radius 3 is 2.91 bits per heavy atom. The molecule has 2 aromatic rings. The highest BCUT2D eigenvalue weighted by Gasteiger charge is 2.11. The summed E-state index contributed by atoms with van der Waals surface area (Å²) in [5.41, 5.74) is 0. The normalized spacial score (nSPS) is 10.5. The van der Waals surface area contributed by atoms with E-state index in [0.29, 0.717) is 29.7 Å². The molecule has 5 nitrogen and oxygen atoms in total. The maximum atomic E-state index is 11.8. The summed E-state index contributed by atoms with van der Waals surface area (Å²) >= 11 is 9.39. The van der Waals surface area contributed by atoms with E-state index in [4.69, 9.17) is 25.5 Å². The minimum Gasteiger partial charge on any atom is -0.484 e. The molecule has 0 bridgehead atoms. The van der Waals surface area contributed by atoms with Gasteiger partial charge in [0.2, 0.25) is 0 Å². The zero-order chi connectivity index (χ0) is 15.9. The summed E-state index contributed by atoms with van der Waals surface area (Å²) in [6.45, 7) is 1.06. The number of rotatable bonds is 7. The van der Waals surface area contributed by atoms with Gasteiger partial charge in [-0.1, -0.05) is 27.5 Å². The molecule has 0 fully saturated rings. The van der Waals surface area contributed by atoms with Gasteiger partial charge in [-0.3, -0.25) is 4.79 Å². The predicted molar refractivity (Wildman–Crippen MR) is 86.4 cm³/mol. The number of benzene rings is 1. The molecule has 0 saturated heterocycles. The molecule has 0 saturated carbocycles. The molecule has 0 radical (unpaired) electrons. The molecule has 1 aromatic carbocycles. The second kappa shape index (κ2) is 8.22. The van der Waals surface area contributed by atoms with Crippen molar-refractivity contribution in [2.24, 2.45) is 0 Å². The van der Waals surface area contributed by atoms with Crippen LogP contribution in [0.1, 0.15) is 16.3 Å². The Balaban J connectivity index is 1.90. The van der Waals surface area contributed by atoms with Crippen molar-refractivity contribution in [1.82, 2.24) is 5.32 Å². The van der Waals surface area contributed by atoms with Crippen LogP contribution in [0.15, 0.2) is 39.2 Å². The molecular formula is C15H15BrClNO4. The summed E-state index contributed by atoms with van der Waals surface area (Å²) in [5, 5.41) is 3.18. The van der Waals surface area contributed by atoms with Gasteiger partial charge in [-0.25, -0.2) is 0 Å². The van der Waals surface area contributed by atoms with E-state index in [0.717, 1.165) is 4.47 Å². The van der Waals surface area contributed by atoms with E-state index >= 15 is 0 Å². The topological polar surface area (TPSA) is 60.7 Å². The van der Waals surface area contributed by atoms with Gasteiger partial charge in [0.1, 0.15) is 18.1 Å². The van der Waals surface area contributed by atoms with Gasteiger partial charge in [-0.15, -0.1) is 0 Å². The number of hydrogen-bond donors (Lipinski definition) is 1. The molecule has 1 aromatic heterocycles. The molecule has 1 N–H and O–H groups in total. The largest absolute Gasteiger partial charge is 0.484 e. The highest BCUT2D eigenvalue weighted by Crippen LogP contribution is 2.28. The van der Waals surface area contributed by atoms with Crippen LogP contribution in [-0.4, -0.2) is 26.2 Å². The Labute approximate surface area is 141 Å². The molecule has 0 unspecified atom stereocenters. The highest BCUT2D eigenvalue weighted by molar-refractivity contribution is 9.10. The third-order valence-electron chi connectivity index (χ3n) is 2.74. The predicted octanol–water partition coefficient (Wildman–Crippen LogP) is 3.65. The van der Waals surface area contributed by atoms with Crippen LogP contribution in [0.3, 0.4) is 0 Å². The van der Waals surface area contributed by atoms with Gasteiger partial charge in [0.25, 0.3) is 5.91 Å². The average molecular weight is 389 g/mol. The molecular weight excluding hydrogens is 374 g/mol. The van der Waals surface area contributed by atoms with Gasteiger partial charge in [0.15, 0.2) is 5.76 Å². The Morgan fingerprint density at radius 2 is 2.18 bits per heavy atom. The third-order valence-corrected chi connectivity index (χ3v) is 3.53. The number of methoxy groups -OCH3 is 1. The molecule has 1 amide bonds. The molecule has 1 heterocycles. The molecule has 118 valence electrons. The SMILES string of the molecule is COCCNC(=O)c1ccc(COc2ccc(Br)cc2Cl)o1. The van der Waals surface area contributed by atoms with Gasteiger partial charge in [0.05, 0.1) is 11.6 Å². The van der Waals surface area contributed by atoms with Crippen molar-refractivity contribution in [2.45, 2.75) is 6.61 Å². The van der Waals surface area contributed by atoms with E-state index in [1.165, 1.54) is 0 Å². The Bertz CT molecular complexity index is 644. The van der Waals surface area contributed by atoms with E-state index in [-0.39, 0.29) is 18.3 Å². The maximum absolute atomic E-state index is 11.8. The van der Waals surface area contributed by atoms with Crippen molar-refractivity contribution in [1.29, 1.82) is 0 Å². The van der Waals surface area contributed by atoms with Crippen molar-refractivity contribution in [2.75, 3.05) is 20.3 Å². The maximum Gasteiger partial charge on any atom is 0.287 e. The Hall–Kier alpha value is -1.50. The summed E-state index contributed by atoms with van der Waals surface area (Å²) in [5.74, 6) is 1.03. The van der Waals surface area contributed by atoms with Gasteiger partial charge in [-0.2, -0.15) is 0 Å². The van der Waals surface area contributed by atoms with Gasteiger partial charge in [-0.05, 0) is 30.3 Å². The molecule has 22 heavy (non-hydrogen) atoms. The summed E-state index contributed by atoms with van der Waals surface area (Å²) in [7, 11) is 1.57. The first-order valence-electron chi connectivity index (χ1n) is 6.54. The first kappa shape index (κ1) is 16.9. The van der Waals surface area contributed by atoms with Crippen molar-refractivity contribution in [3.63, 3.8) is 0 Å². The van der Waals surface area contributed by atoms with Crippen molar-refractivity contribution < 1.29 is 18.7 Å². The number of halogens is 2. The first-order chi connectivity index (χ1) is 10.6. The van der Waals surface area contributed by atoms with Crippen molar-refractivity contribution in [3.05, 3.63) is 51.3 Å². The quantitative estimate of drug-likeness (QED) is 0.736. The monoisotopic (exact) mass is 387 g/mol. The lowest BCUT2D eigenvalue weighted by Crippen LogP contribution is -2.26. The van der Waals surface area contributed by atoms with Crippen LogP contribution in [-0.2, 0) is 11.3 Å². The third kappa shape index (κ3) is 4.76. The standard InChI is InChI=1S/C15H15BrClNO4/c1-20-7-6-18-15(19)14-5-3-11(22-14)9-21-13-4-2-10(16)8-12(13)17/h2-5,8H,6-7,9H2,1H3,(H,18,19). The van der Waals surface area contributed by atoms with Crippen molar-refractivity contribution in [3.8, 4) is 5.75 Å². The smallest absolute Gasteiger partial charge is 0.287 e. The van der Waals surface area contributed by atoms with E-state index in [1.807, 2.05) is 6.07 Å². The number of ether oxygens (including phenoxy) is 2. The molecule has 0 aliphatic rings. The number of amides is 1. The molecule has 0 aliphatic carbocycles. The molecule has 0 spiro atoms. The first-order valence-corrected chi connectivity index (χ1v) is 7.71. The zero-order valence-electron chi connectivity index (χ0n) is 11.9. The van der Waals surface area contributed by atoms with Crippen LogP contribution in [0.4, 0.5) is 0 Å². The molecule has 7 heteroatoms. The van der Waals surface area contributed by atoms with E-state index in [1.54, 1.807) is 31.4 Å². The van der Waals surface area contributed by atoms with Gasteiger partial charge in [0, 0.05) is 18.1 Å². The molecule has 0 atom stereocenters. The summed E-state index contributed by atoms with van der Waals surface area (Å²) in [6.07, 6.45) is 0. The van der Waals surface area contributed by atoms with Crippen molar-refractivity contribution >= 4 is 33.4 Å². The fourth-order valence-electron chi connectivity index (χ4n) is 1.67. The number of carbonyl (C=O) groups is 1. The van der Waals surface area contributed by atoms with Crippen LogP contribution in [0.2, 0.25) is 5.02 Å². The minimum atomic E-state index is -0.287. The minimum absolute atomic E-state index is 0.187. The summed E-state index contributed by atoms with van der Waals surface area (Å²) < 4.78 is 16.7. The van der Waals surface area contributed by atoms with E-state index < -0.39 is 0 Å². The highest BCUT2D eigenvalue weighted by atomic mass is 79.9. The van der Waals surface area contributed by atoms with Gasteiger partial charge < -0.3 is 19.2 Å². The Kier molecular flexibility index (Phi) is 6.30.